The van der Waals surface area contributed by atoms with Crippen molar-refractivity contribution in [2.24, 2.45) is 11.8 Å². The van der Waals surface area contributed by atoms with Crippen molar-refractivity contribution in [3.05, 3.63) is 35.9 Å². The van der Waals surface area contributed by atoms with E-state index < -0.39 is 0 Å². The van der Waals surface area contributed by atoms with Crippen LogP contribution in [0.25, 0.3) is 0 Å². The molecule has 0 amide bonds. The smallest absolute Gasteiger partial charge is 0.309 e. The van der Waals surface area contributed by atoms with Crippen molar-refractivity contribution in [3.63, 3.8) is 0 Å². The van der Waals surface area contributed by atoms with Crippen molar-refractivity contribution in [1.82, 2.24) is 0 Å². The lowest BCUT2D eigenvalue weighted by molar-refractivity contribution is -0.150. The van der Waals surface area contributed by atoms with Crippen LogP contribution in [0.4, 0.5) is 0 Å². The summed E-state index contributed by atoms with van der Waals surface area (Å²) in [6.07, 6.45) is 0. The van der Waals surface area contributed by atoms with E-state index in [9.17, 15) is 4.79 Å². The Hall–Kier alpha value is -1.31. The van der Waals surface area contributed by atoms with Crippen LogP contribution in [0.3, 0.4) is 0 Å². The van der Waals surface area contributed by atoms with E-state index in [-0.39, 0.29) is 11.9 Å². The minimum absolute atomic E-state index is 0.0336. The molecule has 1 aromatic rings. The maximum atomic E-state index is 11.5. The summed E-state index contributed by atoms with van der Waals surface area (Å²) in [5.74, 6) is 0.177. The summed E-state index contributed by atoms with van der Waals surface area (Å²) < 4.78 is 5.21. The number of esters is 1. The lowest BCUT2D eigenvalue weighted by atomic mass is 9.99. The van der Waals surface area contributed by atoms with Crippen LogP contribution in [0.5, 0.6) is 0 Å². The van der Waals surface area contributed by atoms with E-state index in [4.69, 9.17) is 4.74 Å². The first kappa shape index (κ1) is 11.8. The molecule has 0 N–H and O–H groups in total. The fourth-order valence-corrected chi connectivity index (χ4v) is 1.13. The summed E-state index contributed by atoms with van der Waals surface area (Å²) in [5.41, 5.74) is 1.03. The Labute approximate surface area is 91.3 Å². The highest BCUT2D eigenvalue weighted by Crippen LogP contribution is 2.12. The third kappa shape index (κ3) is 3.74. The van der Waals surface area contributed by atoms with Crippen molar-refractivity contribution in [2.75, 3.05) is 0 Å². The van der Waals surface area contributed by atoms with Gasteiger partial charge in [0.15, 0.2) is 0 Å². The summed E-state index contributed by atoms with van der Waals surface area (Å²) >= 11 is 0. The van der Waals surface area contributed by atoms with Gasteiger partial charge >= 0.3 is 5.97 Å². The number of ether oxygens (including phenoxy) is 1. The third-order valence-electron chi connectivity index (χ3n) is 2.60. The van der Waals surface area contributed by atoms with Crippen LogP contribution in [0.2, 0.25) is 0 Å². The highest BCUT2D eigenvalue weighted by atomic mass is 16.5. The second-order valence-electron chi connectivity index (χ2n) is 4.13. The van der Waals surface area contributed by atoms with Crippen molar-refractivity contribution in [1.29, 1.82) is 0 Å². The Bertz CT molecular complexity index is 304. The number of carbonyl (C=O) groups excluding carboxylic acids is 1. The molecule has 1 aromatic carbocycles. The van der Waals surface area contributed by atoms with E-state index in [1.54, 1.807) is 0 Å². The molecule has 0 bridgehead atoms. The van der Waals surface area contributed by atoms with Crippen LogP contribution >= 0.6 is 0 Å². The van der Waals surface area contributed by atoms with Gasteiger partial charge < -0.3 is 4.74 Å². The molecule has 1 rings (SSSR count). The fourth-order valence-electron chi connectivity index (χ4n) is 1.13. The first-order valence-electron chi connectivity index (χ1n) is 5.32. The van der Waals surface area contributed by atoms with Gasteiger partial charge in [-0.25, -0.2) is 0 Å². The average Bonchev–Trinajstić information content (AvgIpc) is 2.26. The van der Waals surface area contributed by atoms with Gasteiger partial charge in [-0.1, -0.05) is 51.1 Å². The Kier molecular flexibility index (Phi) is 4.35. The lowest BCUT2D eigenvalue weighted by Gasteiger charge is -2.14. The van der Waals surface area contributed by atoms with Gasteiger partial charge in [-0.2, -0.15) is 0 Å². The first-order chi connectivity index (χ1) is 7.11. The summed E-state index contributed by atoms with van der Waals surface area (Å²) in [7, 11) is 0. The van der Waals surface area contributed by atoms with Gasteiger partial charge in [-0.3, -0.25) is 4.79 Å². The van der Waals surface area contributed by atoms with Gasteiger partial charge in [0, 0.05) is 0 Å². The molecule has 0 aliphatic carbocycles. The number of hydrogen-bond acceptors (Lipinski definition) is 2. The molecular formula is C13H18O2. The Morgan fingerprint density at radius 1 is 1.20 bits per heavy atom. The molecule has 15 heavy (non-hydrogen) atoms. The molecule has 1 atom stereocenters. The standard InChI is InChI=1S/C13H18O2/c1-10(2)11(3)13(14)15-9-12-7-5-4-6-8-12/h4-8,10-11H,9H2,1-3H3/t11-/m0/s1. The van der Waals surface area contributed by atoms with Crippen molar-refractivity contribution < 1.29 is 9.53 Å². The number of rotatable bonds is 4. The highest BCUT2D eigenvalue weighted by molar-refractivity contribution is 5.72. The van der Waals surface area contributed by atoms with Crippen molar-refractivity contribution in [2.45, 2.75) is 27.4 Å². The van der Waals surface area contributed by atoms with Gasteiger partial charge in [0.2, 0.25) is 0 Å². The molecule has 0 unspecified atom stereocenters. The van der Waals surface area contributed by atoms with Crippen LogP contribution in [-0.2, 0) is 16.1 Å². The van der Waals surface area contributed by atoms with E-state index >= 15 is 0 Å². The molecule has 0 fully saturated rings. The molecule has 0 heterocycles. The molecule has 0 aromatic heterocycles. The second kappa shape index (κ2) is 5.54. The van der Waals surface area contributed by atoms with Gasteiger partial charge in [-0.05, 0) is 11.5 Å². The highest BCUT2D eigenvalue weighted by Gasteiger charge is 2.17. The summed E-state index contributed by atoms with van der Waals surface area (Å²) in [4.78, 5) is 11.5. The van der Waals surface area contributed by atoms with Gasteiger partial charge in [0.05, 0.1) is 5.92 Å². The molecule has 0 saturated carbocycles. The largest absolute Gasteiger partial charge is 0.461 e. The van der Waals surface area contributed by atoms with E-state index in [0.717, 1.165) is 5.56 Å². The molecule has 82 valence electrons. The van der Waals surface area contributed by atoms with Gasteiger partial charge in [0.1, 0.15) is 6.61 Å². The van der Waals surface area contributed by atoms with Gasteiger partial charge in [-0.15, -0.1) is 0 Å². The maximum absolute atomic E-state index is 11.5. The molecular weight excluding hydrogens is 188 g/mol. The fraction of sp³-hybridized carbons (Fsp3) is 0.462. The zero-order valence-electron chi connectivity index (χ0n) is 9.57. The lowest BCUT2D eigenvalue weighted by Crippen LogP contribution is -2.19. The molecule has 0 radical (unpaired) electrons. The van der Waals surface area contributed by atoms with Gasteiger partial charge in [0.25, 0.3) is 0 Å². The Morgan fingerprint density at radius 3 is 2.33 bits per heavy atom. The average molecular weight is 206 g/mol. The molecule has 0 saturated heterocycles. The van der Waals surface area contributed by atoms with Crippen LogP contribution in [0.15, 0.2) is 30.3 Å². The predicted molar refractivity (Wildman–Crippen MR) is 60.2 cm³/mol. The van der Waals surface area contributed by atoms with E-state index in [2.05, 4.69) is 0 Å². The molecule has 0 aliphatic heterocycles. The maximum Gasteiger partial charge on any atom is 0.309 e. The van der Waals surface area contributed by atoms with E-state index in [1.165, 1.54) is 0 Å². The topological polar surface area (TPSA) is 26.3 Å². The normalized spacial score (nSPS) is 12.5. The zero-order valence-corrected chi connectivity index (χ0v) is 9.57. The molecule has 0 spiro atoms. The quantitative estimate of drug-likeness (QED) is 0.708. The van der Waals surface area contributed by atoms with Crippen molar-refractivity contribution in [3.8, 4) is 0 Å². The first-order valence-corrected chi connectivity index (χ1v) is 5.32. The summed E-state index contributed by atoms with van der Waals surface area (Å²) in [6.45, 7) is 6.32. The van der Waals surface area contributed by atoms with E-state index in [1.807, 2.05) is 51.1 Å². The molecule has 0 aliphatic rings. The van der Waals surface area contributed by atoms with Crippen LogP contribution in [0.1, 0.15) is 26.3 Å². The summed E-state index contributed by atoms with van der Waals surface area (Å²) in [6, 6.07) is 9.73. The SMILES string of the molecule is CC(C)[C@H](C)C(=O)OCc1ccccc1. The minimum Gasteiger partial charge on any atom is -0.461 e. The van der Waals surface area contributed by atoms with Crippen LogP contribution < -0.4 is 0 Å². The Morgan fingerprint density at radius 2 is 1.80 bits per heavy atom. The Balaban J connectivity index is 2.41. The number of hydrogen-bond donors (Lipinski definition) is 0. The number of benzene rings is 1. The monoisotopic (exact) mass is 206 g/mol. The minimum atomic E-state index is -0.117. The van der Waals surface area contributed by atoms with Crippen LogP contribution in [0, 0.1) is 11.8 Å². The summed E-state index contributed by atoms with van der Waals surface area (Å²) in [5, 5.41) is 0. The van der Waals surface area contributed by atoms with E-state index in [0.29, 0.717) is 12.5 Å². The molecule has 2 heteroatoms. The van der Waals surface area contributed by atoms with Crippen LogP contribution in [-0.4, -0.2) is 5.97 Å². The predicted octanol–water partition coefficient (Wildman–Crippen LogP) is 3.02. The second-order valence-corrected chi connectivity index (χ2v) is 4.13. The third-order valence-corrected chi connectivity index (χ3v) is 2.60. The number of carbonyl (C=O) groups is 1. The zero-order chi connectivity index (χ0) is 11.3. The van der Waals surface area contributed by atoms with Crippen molar-refractivity contribution >= 4 is 5.97 Å². The molecule has 2 nitrogen and oxygen atoms in total.